The van der Waals surface area contributed by atoms with E-state index in [0.717, 1.165) is 14.2 Å². The summed E-state index contributed by atoms with van der Waals surface area (Å²) in [5, 5.41) is 3.90. The third kappa shape index (κ3) is 2.87. The molecule has 2 aromatic heterocycles. The second-order valence-corrected chi connectivity index (χ2v) is 5.65. The van der Waals surface area contributed by atoms with Crippen molar-refractivity contribution in [2.45, 2.75) is 0 Å². The molecule has 0 saturated carbocycles. The minimum atomic E-state index is 0.0644. The van der Waals surface area contributed by atoms with Crippen molar-refractivity contribution in [1.82, 2.24) is 0 Å². The molecule has 0 fully saturated rings. The van der Waals surface area contributed by atoms with Gasteiger partial charge in [0.25, 0.3) is 0 Å². The Morgan fingerprint density at radius 1 is 1.40 bits per heavy atom. The van der Waals surface area contributed by atoms with Crippen molar-refractivity contribution in [1.29, 1.82) is 0 Å². The van der Waals surface area contributed by atoms with Crippen LogP contribution in [0.2, 0.25) is 0 Å². The normalized spacial score (nSPS) is 11.0. The maximum Gasteiger partial charge on any atom is 0.195 e. The third-order valence-corrected chi connectivity index (χ3v) is 4.29. The highest BCUT2D eigenvalue weighted by Crippen LogP contribution is 2.21. The molecular formula is C11H7BrOS2. The fourth-order valence-corrected chi connectivity index (χ4v) is 3.06. The Bertz CT molecular complexity index is 482. The molecule has 1 nitrogen and oxygen atoms in total. The first-order chi connectivity index (χ1) is 7.25. The lowest BCUT2D eigenvalue weighted by Crippen LogP contribution is -1.87. The zero-order valence-electron chi connectivity index (χ0n) is 7.64. The average Bonchev–Trinajstić information content (AvgIpc) is 2.84. The van der Waals surface area contributed by atoms with Gasteiger partial charge in [-0.1, -0.05) is 6.07 Å². The summed E-state index contributed by atoms with van der Waals surface area (Å²) >= 11 is 6.44. The molecule has 0 aliphatic heterocycles. The molecule has 76 valence electrons. The van der Waals surface area contributed by atoms with Gasteiger partial charge in [0.05, 0.1) is 4.88 Å². The van der Waals surface area contributed by atoms with E-state index in [9.17, 15) is 4.79 Å². The lowest BCUT2D eigenvalue weighted by Gasteiger charge is -1.86. The van der Waals surface area contributed by atoms with Gasteiger partial charge in [0.1, 0.15) is 0 Å². The predicted molar refractivity (Wildman–Crippen MR) is 69.7 cm³/mol. The number of hydrogen-bond acceptors (Lipinski definition) is 3. The minimum Gasteiger partial charge on any atom is -0.288 e. The SMILES string of the molecule is O=C(C=Cc1cc(Br)cs1)c1cccs1. The lowest BCUT2D eigenvalue weighted by atomic mass is 10.3. The van der Waals surface area contributed by atoms with Crippen LogP contribution in [0.15, 0.2) is 39.5 Å². The van der Waals surface area contributed by atoms with E-state index in [1.165, 1.54) is 11.3 Å². The van der Waals surface area contributed by atoms with Crippen LogP contribution in [0.1, 0.15) is 14.5 Å². The quantitative estimate of drug-likeness (QED) is 0.604. The summed E-state index contributed by atoms with van der Waals surface area (Å²) < 4.78 is 1.05. The van der Waals surface area contributed by atoms with Gasteiger partial charge in [-0.15, -0.1) is 22.7 Å². The van der Waals surface area contributed by atoms with Crippen LogP contribution in [0.3, 0.4) is 0 Å². The topological polar surface area (TPSA) is 17.1 Å². The van der Waals surface area contributed by atoms with Crippen LogP contribution in [-0.2, 0) is 0 Å². The zero-order valence-corrected chi connectivity index (χ0v) is 10.9. The van der Waals surface area contributed by atoms with E-state index in [0.29, 0.717) is 0 Å². The summed E-state index contributed by atoms with van der Waals surface area (Å²) in [5.74, 6) is 0.0644. The molecule has 0 N–H and O–H groups in total. The van der Waals surface area contributed by atoms with Crippen molar-refractivity contribution in [2.24, 2.45) is 0 Å². The summed E-state index contributed by atoms with van der Waals surface area (Å²) in [7, 11) is 0. The maximum absolute atomic E-state index is 11.6. The Morgan fingerprint density at radius 2 is 2.27 bits per heavy atom. The van der Waals surface area contributed by atoms with Crippen molar-refractivity contribution in [3.63, 3.8) is 0 Å². The first-order valence-corrected chi connectivity index (χ1v) is 6.81. The largest absolute Gasteiger partial charge is 0.288 e. The summed E-state index contributed by atoms with van der Waals surface area (Å²) in [5.41, 5.74) is 0. The Morgan fingerprint density at radius 3 is 2.87 bits per heavy atom. The second kappa shape index (κ2) is 4.88. The number of carbonyl (C=O) groups excluding carboxylic acids is 1. The van der Waals surface area contributed by atoms with E-state index in [1.54, 1.807) is 17.4 Å². The van der Waals surface area contributed by atoms with Gasteiger partial charge >= 0.3 is 0 Å². The fraction of sp³-hybridized carbons (Fsp3) is 0. The fourth-order valence-electron chi connectivity index (χ4n) is 1.07. The molecule has 4 heteroatoms. The molecular weight excluding hydrogens is 292 g/mol. The number of ketones is 1. The smallest absolute Gasteiger partial charge is 0.195 e. The van der Waals surface area contributed by atoms with Crippen molar-refractivity contribution in [3.05, 3.63) is 49.3 Å². The summed E-state index contributed by atoms with van der Waals surface area (Å²) in [6.07, 6.45) is 3.46. The van der Waals surface area contributed by atoms with Crippen molar-refractivity contribution in [3.8, 4) is 0 Å². The highest BCUT2D eigenvalue weighted by Gasteiger charge is 2.01. The molecule has 0 unspecified atom stereocenters. The van der Waals surface area contributed by atoms with E-state index in [-0.39, 0.29) is 5.78 Å². The van der Waals surface area contributed by atoms with Gasteiger partial charge in [0.15, 0.2) is 5.78 Å². The summed E-state index contributed by atoms with van der Waals surface area (Å²) in [6.45, 7) is 0. The molecule has 0 aliphatic rings. The van der Waals surface area contributed by atoms with Gasteiger partial charge in [-0.2, -0.15) is 0 Å². The first kappa shape index (κ1) is 10.8. The van der Waals surface area contributed by atoms with Gasteiger partial charge < -0.3 is 0 Å². The molecule has 0 amide bonds. The first-order valence-electron chi connectivity index (χ1n) is 4.25. The number of allylic oxidation sites excluding steroid dienone is 1. The Balaban J connectivity index is 2.09. The number of hydrogen-bond donors (Lipinski definition) is 0. The summed E-state index contributed by atoms with van der Waals surface area (Å²) in [6, 6.07) is 5.71. The average molecular weight is 299 g/mol. The molecule has 15 heavy (non-hydrogen) atoms. The van der Waals surface area contributed by atoms with E-state index in [2.05, 4.69) is 15.9 Å². The number of thiophene rings is 2. The number of carbonyl (C=O) groups is 1. The monoisotopic (exact) mass is 298 g/mol. The van der Waals surface area contributed by atoms with E-state index in [4.69, 9.17) is 0 Å². The Labute approximate surface area is 104 Å². The molecule has 2 aromatic rings. The Hall–Kier alpha value is -0.710. The number of rotatable bonds is 3. The van der Waals surface area contributed by atoms with E-state index < -0.39 is 0 Å². The lowest BCUT2D eigenvalue weighted by molar-refractivity contribution is 0.105. The number of halogens is 1. The summed E-state index contributed by atoms with van der Waals surface area (Å²) in [4.78, 5) is 13.5. The van der Waals surface area contributed by atoms with E-state index in [1.807, 2.05) is 35.0 Å². The van der Waals surface area contributed by atoms with Crippen LogP contribution in [0.4, 0.5) is 0 Å². The third-order valence-electron chi connectivity index (χ3n) is 1.75. The minimum absolute atomic E-state index is 0.0644. The van der Waals surface area contributed by atoms with Crippen LogP contribution < -0.4 is 0 Å². The molecule has 0 spiro atoms. The highest BCUT2D eigenvalue weighted by molar-refractivity contribution is 9.10. The predicted octanol–water partition coefficient (Wildman–Crippen LogP) is 4.47. The maximum atomic E-state index is 11.6. The van der Waals surface area contributed by atoms with Crippen LogP contribution in [0.5, 0.6) is 0 Å². The van der Waals surface area contributed by atoms with Gasteiger partial charge in [0, 0.05) is 14.7 Å². The van der Waals surface area contributed by atoms with Crippen LogP contribution in [0, 0.1) is 0 Å². The molecule has 0 saturated heterocycles. The zero-order chi connectivity index (χ0) is 10.7. The van der Waals surface area contributed by atoms with Gasteiger partial charge in [-0.05, 0) is 45.6 Å². The second-order valence-electron chi connectivity index (χ2n) is 2.84. The van der Waals surface area contributed by atoms with Gasteiger partial charge in [-0.3, -0.25) is 4.79 Å². The Kier molecular flexibility index (Phi) is 3.51. The molecule has 0 atom stereocenters. The highest BCUT2D eigenvalue weighted by atomic mass is 79.9. The van der Waals surface area contributed by atoms with Crippen molar-refractivity contribution < 1.29 is 4.79 Å². The molecule has 0 radical (unpaired) electrons. The molecule has 0 bridgehead atoms. The molecule has 0 aliphatic carbocycles. The van der Waals surface area contributed by atoms with Crippen LogP contribution >= 0.6 is 38.6 Å². The molecule has 0 aromatic carbocycles. The molecule has 2 rings (SSSR count). The van der Waals surface area contributed by atoms with Gasteiger partial charge in [0.2, 0.25) is 0 Å². The standard InChI is InChI=1S/C11H7BrOS2/c12-8-6-9(15-7-8)3-4-10(13)11-2-1-5-14-11/h1-7H. The van der Waals surface area contributed by atoms with Gasteiger partial charge in [-0.25, -0.2) is 0 Å². The van der Waals surface area contributed by atoms with Crippen molar-refractivity contribution in [2.75, 3.05) is 0 Å². The van der Waals surface area contributed by atoms with Crippen molar-refractivity contribution >= 4 is 50.5 Å². The molecule has 2 heterocycles. The van der Waals surface area contributed by atoms with Crippen LogP contribution in [0.25, 0.3) is 6.08 Å². The van der Waals surface area contributed by atoms with E-state index >= 15 is 0 Å². The van der Waals surface area contributed by atoms with Crippen LogP contribution in [-0.4, -0.2) is 5.78 Å².